The summed E-state index contributed by atoms with van der Waals surface area (Å²) in [6, 6.07) is 3.87. The molecule has 1 aromatic rings. The van der Waals surface area contributed by atoms with Crippen LogP contribution in [0.2, 0.25) is 5.02 Å². The van der Waals surface area contributed by atoms with Crippen LogP contribution in [0.25, 0.3) is 0 Å². The molecule has 1 saturated heterocycles. The van der Waals surface area contributed by atoms with Crippen LogP contribution in [0.1, 0.15) is 6.42 Å². The van der Waals surface area contributed by atoms with Gasteiger partial charge in [0.05, 0.1) is 16.0 Å². The molecule has 0 spiro atoms. The summed E-state index contributed by atoms with van der Waals surface area (Å²) in [4.78, 5) is 0. The summed E-state index contributed by atoms with van der Waals surface area (Å²) in [5, 5.41) is -0.653. The highest BCUT2D eigenvalue weighted by Crippen LogP contribution is 2.30. The largest absolute Gasteiger partial charge is 0.329 e. The molecule has 0 aliphatic carbocycles. The second-order valence-electron chi connectivity index (χ2n) is 3.86. The Bertz CT molecular complexity index is 535. The minimum Gasteiger partial charge on any atom is -0.329 e. The van der Waals surface area contributed by atoms with E-state index >= 15 is 0 Å². The number of anilines is 1. The number of hydrogen-bond donors (Lipinski definition) is 1. The standard InChI is InChI=1S/C10H12ClFN2O2S/c11-9-5-7(1-2-10(9)12)14-4-3-8(6-13)17(14,15)16/h1-2,5,8H,3-4,6,13H2/t8-/m0/s1. The Morgan fingerprint density at radius 2 is 2.24 bits per heavy atom. The maximum Gasteiger partial charge on any atom is 0.239 e. The van der Waals surface area contributed by atoms with E-state index in [1.165, 1.54) is 16.4 Å². The van der Waals surface area contributed by atoms with Crippen molar-refractivity contribution in [3.05, 3.63) is 29.0 Å². The second-order valence-corrected chi connectivity index (χ2v) is 6.41. The number of nitrogens with zero attached hydrogens (tertiary/aromatic N) is 1. The predicted octanol–water partition coefficient (Wildman–Crippen LogP) is 1.35. The van der Waals surface area contributed by atoms with Gasteiger partial charge in [0.1, 0.15) is 5.82 Å². The number of hydrogen-bond acceptors (Lipinski definition) is 3. The van der Waals surface area contributed by atoms with Crippen molar-refractivity contribution < 1.29 is 12.8 Å². The van der Waals surface area contributed by atoms with E-state index < -0.39 is 21.1 Å². The first-order valence-corrected chi connectivity index (χ1v) is 7.01. The van der Waals surface area contributed by atoms with E-state index in [-0.39, 0.29) is 11.6 Å². The molecule has 0 amide bonds. The van der Waals surface area contributed by atoms with Gasteiger partial charge in [-0.15, -0.1) is 0 Å². The first kappa shape index (κ1) is 12.6. The second kappa shape index (κ2) is 4.44. The van der Waals surface area contributed by atoms with Crippen LogP contribution in [0.3, 0.4) is 0 Å². The molecule has 7 heteroatoms. The third kappa shape index (κ3) is 2.12. The molecule has 0 aromatic heterocycles. The van der Waals surface area contributed by atoms with E-state index in [4.69, 9.17) is 17.3 Å². The lowest BCUT2D eigenvalue weighted by atomic mass is 10.2. The molecule has 0 bridgehead atoms. The molecule has 1 aliphatic rings. The highest BCUT2D eigenvalue weighted by atomic mass is 35.5. The Hall–Kier alpha value is -0.850. The molecular formula is C10H12ClFN2O2S. The Morgan fingerprint density at radius 1 is 1.53 bits per heavy atom. The molecule has 0 unspecified atom stereocenters. The first-order chi connectivity index (χ1) is 7.96. The molecule has 1 heterocycles. The molecule has 4 nitrogen and oxygen atoms in total. The van der Waals surface area contributed by atoms with Crippen LogP contribution in [0, 0.1) is 5.82 Å². The van der Waals surface area contributed by atoms with Gasteiger partial charge in [-0.2, -0.15) is 0 Å². The minimum atomic E-state index is -3.43. The highest BCUT2D eigenvalue weighted by molar-refractivity contribution is 7.93. The number of sulfonamides is 1. The summed E-state index contributed by atoms with van der Waals surface area (Å²) < 4.78 is 38.3. The quantitative estimate of drug-likeness (QED) is 0.888. The lowest BCUT2D eigenvalue weighted by molar-refractivity contribution is 0.588. The maximum atomic E-state index is 13.0. The van der Waals surface area contributed by atoms with Gasteiger partial charge in [-0.3, -0.25) is 4.31 Å². The van der Waals surface area contributed by atoms with Gasteiger partial charge < -0.3 is 5.73 Å². The van der Waals surface area contributed by atoms with Crippen molar-refractivity contribution >= 4 is 27.3 Å². The normalized spacial score (nSPS) is 23.0. The summed E-state index contributed by atoms with van der Waals surface area (Å²) in [6.45, 7) is 0.444. The van der Waals surface area contributed by atoms with Crippen molar-refractivity contribution in [3.8, 4) is 0 Å². The number of benzene rings is 1. The van der Waals surface area contributed by atoms with Gasteiger partial charge in [0, 0.05) is 13.1 Å². The maximum absolute atomic E-state index is 13.0. The predicted molar refractivity (Wildman–Crippen MR) is 65.1 cm³/mol. The van der Waals surface area contributed by atoms with Crippen molar-refractivity contribution in [2.24, 2.45) is 5.73 Å². The van der Waals surface area contributed by atoms with Gasteiger partial charge >= 0.3 is 0 Å². The fourth-order valence-electron chi connectivity index (χ4n) is 1.87. The summed E-state index contributed by atoms with van der Waals surface area (Å²) in [6.07, 6.45) is 0.480. The zero-order valence-electron chi connectivity index (χ0n) is 8.94. The molecule has 0 saturated carbocycles. The van der Waals surface area contributed by atoms with Crippen LogP contribution in [-0.4, -0.2) is 26.8 Å². The summed E-state index contributed by atoms with van der Waals surface area (Å²) in [7, 11) is -3.43. The minimum absolute atomic E-state index is 0.0890. The molecule has 1 aliphatic heterocycles. The third-order valence-electron chi connectivity index (χ3n) is 2.84. The SMILES string of the molecule is NC[C@@H]1CCN(c2ccc(F)c(Cl)c2)S1(=O)=O. The van der Waals surface area contributed by atoms with Crippen LogP contribution >= 0.6 is 11.6 Å². The van der Waals surface area contributed by atoms with Crippen molar-refractivity contribution in [2.45, 2.75) is 11.7 Å². The molecule has 17 heavy (non-hydrogen) atoms. The van der Waals surface area contributed by atoms with Crippen molar-refractivity contribution in [1.82, 2.24) is 0 Å². The van der Waals surface area contributed by atoms with Crippen LogP contribution in [-0.2, 0) is 10.0 Å². The van der Waals surface area contributed by atoms with E-state index in [2.05, 4.69) is 0 Å². The molecule has 1 aromatic carbocycles. The summed E-state index contributed by atoms with van der Waals surface area (Å²) in [5.74, 6) is -0.567. The molecule has 2 rings (SSSR count). The number of rotatable bonds is 2. The molecule has 2 N–H and O–H groups in total. The van der Waals surface area contributed by atoms with Crippen LogP contribution in [0.15, 0.2) is 18.2 Å². The van der Waals surface area contributed by atoms with E-state index in [0.29, 0.717) is 18.7 Å². The van der Waals surface area contributed by atoms with Crippen molar-refractivity contribution in [1.29, 1.82) is 0 Å². The first-order valence-electron chi connectivity index (χ1n) is 5.13. The van der Waals surface area contributed by atoms with E-state index in [1.807, 2.05) is 0 Å². The van der Waals surface area contributed by atoms with Crippen molar-refractivity contribution in [3.63, 3.8) is 0 Å². The van der Waals surface area contributed by atoms with E-state index in [9.17, 15) is 12.8 Å². The Labute approximate surface area is 104 Å². The molecule has 1 atom stereocenters. The van der Waals surface area contributed by atoms with Crippen LogP contribution in [0.4, 0.5) is 10.1 Å². The lowest BCUT2D eigenvalue weighted by Crippen LogP contribution is -2.33. The number of halogens is 2. The lowest BCUT2D eigenvalue weighted by Gasteiger charge is -2.18. The fourth-order valence-corrected chi connectivity index (χ4v) is 3.82. The Morgan fingerprint density at radius 3 is 2.76 bits per heavy atom. The molecular weight excluding hydrogens is 267 g/mol. The molecule has 1 fully saturated rings. The van der Waals surface area contributed by atoms with Crippen molar-refractivity contribution in [2.75, 3.05) is 17.4 Å². The fraction of sp³-hybridized carbons (Fsp3) is 0.400. The molecule has 94 valence electrons. The van der Waals surface area contributed by atoms with Gasteiger partial charge in [0.15, 0.2) is 0 Å². The average molecular weight is 279 g/mol. The Balaban J connectivity index is 2.39. The van der Waals surface area contributed by atoms with E-state index in [0.717, 1.165) is 6.07 Å². The smallest absolute Gasteiger partial charge is 0.239 e. The van der Waals surface area contributed by atoms with Gasteiger partial charge in [0.25, 0.3) is 0 Å². The topological polar surface area (TPSA) is 63.4 Å². The van der Waals surface area contributed by atoms with Gasteiger partial charge in [0.2, 0.25) is 10.0 Å². The highest BCUT2D eigenvalue weighted by Gasteiger charge is 2.38. The van der Waals surface area contributed by atoms with Gasteiger partial charge in [-0.25, -0.2) is 12.8 Å². The summed E-state index contributed by atoms with van der Waals surface area (Å²) in [5.41, 5.74) is 5.79. The van der Waals surface area contributed by atoms with Gasteiger partial charge in [-0.1, -0.05) is 11.6 Å². The zero-order valence-corrected chi connectivity index (χ0v) is 10.5. The summed E-state index contributed by atoms with van der Waals surface area (Å²) >= 11 is 5.63. The van der Waals surface area contributed by atoms with Gasteiger partial charge in [-0.05, 0) is 24.6 Å². The Kier molecular flexibility index (Phi) is 3.29. The van der Waals surface area contributed by atoms with E-state index in [1.54, 1.807) is 0 Å². The molecule has 0 radical (unpaired) electrons. The van der Waals surface area contributed by atoms with Crippen LogP contribution < -0.4 is 10.0 Å². The zero-order chi connectivity index (χ0) is 12.6. The third-order valence-corrected chi connectivity index (χ3v) is 5.40. The monoisotopic (exact) mass is 278 g/mol. The average Bonchev–Trinajstić information content (AvgIpc) is 2.57. The van der Waals surface area contributed by atoms with Crippen LogP contribution in [0.5, 0.6) is 0 Å². The number of nitrogens with two attached hydrogens (primary N) is 1.